The van der Waals surface area contributed by atoms with Crippen LogP contribution in [0.5, 0.6) is 0 Å². The summed E-state index contributed by atoms with van der Waals surface area (Å²) in [5.74, 6) is 0.0196. The third-order valence-corrected chi connectivity index (χ3v) is 6.86. The highest BCUT2D eigenvalue weighted by Gasteiger charge is 2.26. The van der Waals surface area contributed by atoms with Crippen LogP contribution in [0.25, 0.3) is 10.9 Å². The second-order valence-electron chi connectivity index (χ2n) is 8.45. The summed E-state index contributed by atoms with van der Waals surface area (Å²) in [6, 6.07) is 17.2. The minimum atomic E-state index is -1.29. The monoisotopic (exact) mass is 437 g/mol. The normalized spacial score (nSPS) is 13.7. The minimum Gasteiger partial charge on any atom is -0.339 e. The Kier molecular flexibility index (Phi) is 7.23. The fourth-order valence-corrected chi connectivity index (χ4v) is 4.30. The van der Waals surface area contributed by atoms with Gasteiger partial charge >= 0.3 is 0 Å². The second kappa shape index (κ2) is 9.71. The molecule has 2 unspecified atom stereocenters. The number of nitrogens with one attached hydrogen (secondary N) is 1. The van der Waals surface area contributed by atoms with Gasteiger partial charge in [-0.1, -0.05) is 36.4 Å². The van der Waals surface area contributed by atoms with Crippen LogP contribution in [-0.2, 0) is 11.0 Å². The first-order valence-electron chi connectivity index (χ1n) is 10.7. The highest BCUT2D eigenvalue weighted by atomic mass is 32.2. The van der Waals surface area contributed by atoms with E-state index in [1.54, 1.807) is 11.1 Å². The predicted molar refractivity (Wildman–Crippen MR) is 128 cm³/mol. The fourth-order valence-electron chi connectivity index (χ4n) is 3.47. The number of nitrogens with zero attached hydrogens (tertiary/aromatic N) is 2. The van der Waals surface area contributed by atoms with Crippen molar-refractivity contribution in [3.63, 3.8) is 0 Å². The third-order valence-electron chi connectivity index (χ3n) is 5.30. The minimum absolute atomic E-state index is 0.0196. The summed E-state index contributed by atoms with van der Waals surface area (Å²) < 4.78 is 15.9. The molecule has 5 nitrogen and oxygen atoms in total. The van der Waals surface area contributed by atoms with Crippen LogP contribution in [0.2, 0.25) is 0 Å². The maximum atomic E-state index is 13.0. The van der Waals surface area contributed by atoms with Crippen molar-refractivity contribution in [1.29, 1.82) is 0 Å². The van der Waals surface area contributed by atoms with E-state index in [9.17, 15) is 9.00 Å². The van der Waals surface area contributed by atoms with E-state index in [4.69, 9.17) is 0 Å². The number of pyridine rings is 1. The molecule has 0 radical (unpaired) electrons. The van der Waals surface area contributed by atoms with Crippen molar-refractivity contribution >= 4 is 27.8 Å². The Hall–Kier alpha value is -2.57. The number of para-hydroxylation sites is 1. The fraction of sp³-hybridized carbons (Fsp3) is 0.360. The van der Waals surface area contributed by atoms with E-state index < -0.39 is 15.7 Å². The lowest BCUT2D eigenvalue weighted by molar-refractivity contribution is 0.0773. The molecule has 1 heterocycles. The lowest BCUT2D eigenvalue weighted by Gasteiger charge is -2.26. The van der Waals surface area contributed by atoms with Gasteiger partial charge in [0.25, 0.3) is 5.91 Å². The molecule has 0 aliphatic carbocycles. The molecular weight excluding hydrogens is 406 g/mol. The number of hydrogen-bond acceptors (Lipinski definition) is 3. The van der Waals surface area contributed by atoms with E-state index >= 15 is 0 Å². The molecule has 2 aromatic carbocycles. The molecule has 0 saturated heterocycles. The van der Waals surface area contributed by atoms with Gasteiger partial charge in [-0.3, -0.25) is 9.78 Å². The highest BCUT2D eigenvalue weighted by Crippen LogP contribution is 2.29. The molecule has 3 aromatic rings. The number of hydrogen-bond donors (Lipinski definition) is 1. The van der Waals surface area contributed by atoms with Crippen LogP contribution in [0.1, 0.15) is 62.1 Å². The molecule has 0 aliphatic heterocycles. The number of aromatic nitrogens is 1. The number of carbonyl (C=O) groups is 1. The van der Waals surface area contributed by atoms with Gasteiger partial charge < -0.3 is 4.90 Å². The standard InChI is InChI=1S/C25H31N3O2S/c1-6-28(7-2)24(29)20-15-13-19(14-16-20)23(27-31(30)25(3,4)5)21-12-8-10-18-11-9-17-26-22(18)21/h8-17,23,27H,6-7H2,1-5H3. The van der Waals surface area contributed by atoms with Crippen molar-refractivity contribution in [3.8, 4) is 0 Å². The summed E-state index contributed by atoms with van der Waals surface area (Å²) in [6.45, 7) is 11.1. The van der Waals surface area contributed by atoms with Gasteiger partial charge in [0.1, 0.15) is 0 Å². The summed E-state index contributed by atoms with van der Waals surface area (Å²) in [5, 5.41) is 1.03. The van der Waals surface area contributed by atoms with E-state index in [-0.39, 0.29) is 11.9 Å². The molecular formula is C25H31N3O2S. The van der Waals surface area contributed by atoms with Crippen molar-refractivity contribution < 1.29 is 9.00 Å². The van der Waals surface area contributed by atoms with Crippen LogP contribution in [0, 0.1) is 0 Å². The van der Waals surface area contributed by atoms with Crippen molar-refractivity contribution in [2.24, 2.45) is 0 Å². The van der Waals surface area contributed by atoms with E-state index in [1.807, 2.05) is 89.2 Å². The zero-order chi connectivity index (χ0) is 22.6. The molecule has 1 amide bonds. The van der Waals surface area contributed by atoms with Crippen LogP contribution in [0.3, 0.4) is 0 Å². The van der Waals surface area contributed by atoms with Crippen LogP contribution in [-0.4, -0.2) is 37.8 Å². The van der Waals surface area contributed by atoms with Crippen LogP contribution in [0.4, 0.5) is 0 Å². The largest absolute Gasteiger partial charge is 0.339 e. The predicted octanol–water partition coefficient (Wildman–Crippen LogP) is 4.86. The van der Waals surface area contributed by atoms with Gasteiger partial charge in [-0.2, -0.15) is 0 Å². The van der Waals surface area contributed by atoms with Gasteiger partial charge in [-0.05, 0) is 58.4 Å². The second-order valence-corrected chi connectivity index (χ2v) is 10.5. The molecule has 3 rings (SSSR count). The molecule has 0 fully saturated rings. The Morgan fingerprint density at radius 3 is 2.29 bits per heavy atom. The molecule has 1 N–H and O–H groups in total. The Morgan fingerprint density at radius 2 is 1.68 bits per heavy atom. The van der Waals surface area contributed by atoms with Gasteiger partial charge in [0, 0.05) is 35.8 Å². The van der Waals surface area contributed by atoms with E-state index in [0.29, 0.717) is 18.7 Å². The summed E-state index contributed by atoms with van der Waals surface area (Å²) in [7, 11) is -1.29. The zero-order valence-electron chi connectivity index (χ0n) is 18.9. The van der Waals surface area contributed by atoms with Crippen LogP contribution in [0.15, 0.2) is 60.8 Å². The Labute approximate surface area is 187 Å². The topological polar surface area (TPSA) is 62.3 Å². The molecule has 1 aromatic heterocycles. The summed E-state index contributed by atoms with van der Waals surface area (Å²) in [5.41, 5.74) is 3.42. The van der Waals surface area contributed by atoms with Gasteiger partial charge in [0.2, 0.25) is 0 Å². The van der Waals surface area contributed by atoms with Crippen molar-refractivity contribution in [2.45, 2.75) is 45.4 Å². The first-order valence-corrected chi connectivity index (χ1v) is 11.8. The van der Waals surface area contributed by atoms with E-state index in [2.05, 4.69) is 9.71 Å². The first-order chi connectivity index (χ1) is 14.8. The van der Waals surface area contributed by atoms with E-state index in [1.165, 1.54) is 0 Å². The Balaban J connectivity index is 2.05. The van der Waals surface area contributed by atoms with Crippen molar-refractivity contribution in [3.05, 3.63) is 77.5 Å². The summed E-state index contributed by atoms with van der Waals surface area (Å²) in [4.78, 5) is 19.1. The molecule has 0 bridgehead atoms. The molecule has 0 saturated carbocycles. The van der Waals surface area contributed by atoms with Gasteiger partial charge in [0.15, 0.2) is 0 Å². The SMILES string of the molecule is CCN(CC)C(=O)c1ccc(C(NS(=O)C(C)(C)C)c2cccc3cccnc23)cc1. The number of benzene rings is 2. The number of carbonyl (C=O) groups excluding carboxylic acids is 1. The molecule has 2 atom stereocenters. The number of rotatable bonds is 7. The number of fused-ring (bicyclic) bond motifs is 1. The van der Waals surface area contributed by atoms with Crippen LogP contribution >= 0.6 is 0 Å². The lowest BCUT2D eigenvalue weighted by atomic mass is 9.96. The van der Waals surface area contributed by atoms with Gasteiger partial charge in [-0.25, -0.2) is 8.93 Å². The summed E-state index contributed by atoms with van der Waals surface area (Å²) in [6.07, 6.45) is 1.77. The third kappa shape index (κ3) is 5.20. The van der Waals surface area contributed by atoms with Crippen molar-refractivity contribution in [2.75, 3.05) is 13.1 Å². The zero-order valence-corrected chi connectivity index (χ0v) is 19.7. The molecule has 6 heteroatoms. The average molecular weight is 438 g/mol. The molecule has 31 heavy (non-hydrogen) atoms. The number of amides is 1. The van der Waals surface area contributed by atoms with Gasteiger partial charge in [-0.15, -0.1) is 0 Å². The average Bonchev–Trinajstić information content (AvgIpc) is 2.77. The van der Waals surface area contributed by atoms with Crippen molar-refractivity contribution in [1.82, 2.24) is 14.6 Å². The maximum Gasteiger partial charge on any atom is 0.253 e. The molecule has 0 aliphatic rings. The molecule has 0 spiro atoms. The molecule has 164 valence electrons. The van der Waals surface area contributed by atoms with Gasteiger partial charge in [0.05, 0.1) is 27.3 Å². The Bertz CT molecular complexity index is 1060. The first kappa shape index (κ1) is 23.1. The Morgan fingerprint density at radius 1 is 1.03 bits per heavy atom. The summed E-state index contributed by atoms with van der Waals surface area (Å²) >= 11 is 0. The highest BCUT2D eigenvalue weighted by molar-refractivity contribution is 7.84. The smallest absolute Gasteiger partial charge is 0.253 e. The maximum absolute atomic E-state index is 13.0. The van der Waals surface area contributed by atoms with E-state index in [0.717, 1.165) is 22.0 Å². The lowest BCUT2D eigenvalue weighted by Crippen LogP contribution is -2.36. The van der Waals surface area contributed by atoms with Crippen LogP contribution < -0.4 is 4.72 Å². The quantitative estimate of drug-likeness (QED) is 0.574.